The minimum absolute atomic E-state index is 0.00371. The number of carbonyl (C=O) groups excluding carboxylic acids is 1. The van der Waals surface area contributed by atoms with Gasteiger partial charge in [0.15, 0.2) is 0 Å². The SMILES string of the molecule is O=C(NC1COC2(CCNCC2)C1)c1cc(C(F)(F)F)ccc1Cl. The van der Waals surface area contributed by atoms with Crippen molar-refractivity contribution in [2.24, 2.45) is 0 Å². The van der Waals surface area contributed by atoms with Crippen LogP contribution in [0, 0.1) is 0 Å². The number of alkyl halides is 3. The van der Waals surface area contributed by atoms with Gasteiger partial charge in [0, 0.05) is 0 Å². The van der Waals surface area contributed by atoms with E-state index in [4.69, 9.17) is 16.3 Å². The Balaban J connectivity index is 1.69. The van der Waals surface area contributed by atoms with Crippen LogP contribution in [0.15, 0.2) is 18.2 Å². The molecular formula is C16H18ClF3N2O2. The summed E-state index contributed by atoms with van der Waals surface area (Å²) in [5.74, 6) is -0.606. The molecule has 2 N–H and O–H groups in total. The molecule has 0 bridgehead atoms. The highest BCUT2D eigenvalue weighted by atomic mass is 35.5. The van der Waals surface area contributed by atoms with Crippen LogP contribution in [0.4, 0.5) is 13.2 Å². The molecule has 2 heterocycles. The molecule has 0 aromatic heterocycles. The normalized spacial score (nSPS) is 23.4. The van der Waals surface area contributed by atoms with E-state index in [0.29, 0.717) is 13.0 Å². The van der Waals surface area contributed by atoms with Gasteiger partial charge in [-0.25, -0.2) is 0 Å². The monoisotopic (exact) mass is 362 g/mol. The van der Waals surface area contributed by atoms with Gasteiger partial charge in [-0.2, -0.15) is 13.2 Å². The second kappa shape index (κ2) is 6.54. The number of hydrogen-bond acceptors (Lipinski definition) is 3. The van der Waals surface area contributed by atoms with Gasteiger partial charge in [0.05, 0.1) is 34.4 Å². The summed E-state index contributed by atoms with van der Waals surface area (Å²) in [4.78, 5) is 12.3. The number of amides is 1. The van der Waals surface area contributed by atoms with E-state index >= 15 is 0 Å². The molecule has 4 nitrogen and oxygen atoms in total. The first-order valence-electron chi connectivity index (χ1n) is 7.81. The molecule has 3 rings (SSSR count). The Kier molecular flexibility index (Phi) is 4.77. The molecule has 1 spiro atoms. The van der Waals surface area contributed by atoms with Crippen LogP contribution in [0.25, 0.3) is 0 Å². The number of nitrogens with one attached hydrogen (secondary N) is 2. The van der Waals surface area contributed by atoms with Gasteiger partial charge in [-0.15, -0.1) is 0 Å². The molecule has 1 aromatic rings. The first-order valence-corrected chi connectivity index (χ1v) is 8.19. The summed E-state index contributed by atoms with van der Waals surface area (Å²) in [6, 6.07) is 2.52. The Morgan fingerprint density at radius 1 is 1.33 bits per heavy atom. The summed E-state index contributed by atoms with van der Waals surface area (Å²) in [5.41, 5.74) is -1.30. The molecule has 2 saturated heterocycles. The molecule has 0 saturated carbocycles. The van der Waals surface area contributed by atoms with Crippen LogP contribution in [-0.4, -0.2) is 37.2 Å². The van der Waals surface area contributed by atoms with E-state index in [1.165, 1.54) is 0 Å². The molecule has 1 amide bonds. The molecule has 0 aliphatic carbocycles. The zero-order valence-corrected chi connectivity index (χ0v) is 13.6. The summed E-state index contributed by atoms with van der Waals surface area (Å²) in [6.07, 6.45) is -2.13. The Hall–Kier alpha value is -1.31. The predicted molar refractivity (Wildman–Crippen MR) is 83.1 cm³/mol. The third-order valence-electron chi connectivity index (χ3n) is 4.60. The van der Waals surface area contributed by atoms with Crippen molar-refractivity contribution in [2.45, 2.75) is 37.1 Å². The average molecular weight is 363 g/mol. The highest BCUT2D eigenvalue weighted by Gasteiger charge is 2.41. The predicted octanol–water partition coefficient (Wildman–Crippen LogP) is 3.00. The quantitative estimate of drug-likeness (QED) is 0.850. The molecule has 0 radical (unpaired) electrons. The van der Waals surface area contributed by atoms with Crippen molar-refractivity contribution in [2.75, 3.05) is 19.7 Å². The lowest BCUT2D eigenvalue weighted by Gasteiger charge is -2.32. The number of piperidine rings is 1. The molecular weight excluding hydrogens is 345 g/mol. The highest BCUT2D eigenvalue weighted by molar-refractivity contribution is 6.33. The van der Waals surface area contributed by atoms with Crippen molar-refractivity contribution in [1.29, 1.82) is 0 Å². The highest BCUT2D eigenvalue weighted by Crippen LogP contribution is 2.35. The van der Waals surface area contributed by atoms with Crippen molar-refractivity contribution < 1.29 is 22.7 Å². The van der Waals surface area contributed by atoms with E-state index in [1.54, 1.807) is 0 Å². The van der Waals surface area contributed by atoms with E-state index in [1.807, 2.05) is 0 Å². The maximum absolute atomic E-state index is 12.8. The van der Waals surface area contributed by atoms with E-state index < -0.39 is 17.6 Å². The Labute approximate surface area is 142 Å². The Morgan fingerprint density at radius 3 is 2.71 bits per heavy atom. The van der Waals surface area contributed by atoms with Crippen LogP contribution in [0.5, 0.6) is 0 Å². The molecule has 1 unspecified atom stereocenters. The molecule has 8 heteroatoms. The summed E-state index contributed by atoms with van der Waals surface area (Å²) >= 11 is 5.90. The topological polar surface area (TPSA) is 50.4 Å². The number of benzene rings is 1. The second-order valence-electron chi connectivity index (χ2n) is 6.31. The molecule has 1 aromatic carbocycles. The number of rotatable bonds is 2. The first-order chi connectivity index (χ1) is 11.3. The summed E-state index contributed by atoms with van der Waals surface area (Å²) in [5, 5.41) is 6.00. The average Bonchev–Trinajstić information content (AvgIpc) is 2.89. The van der Waals surface area contributed by atoms with Crippen molar-refractivity contribution in [3.63, 3.8) is 0 Å². The zero-order valence-electron chi connectivity index (χ0n) is 12.9. The van der Waals surface area contributed by atoms with Crippen molar-refractivity contribution in [1.82, 2.24) is 10.6 Å². The summed E-state index contributed by atoms with van der Waals surface area (Å²) < 4.78 is 44.3. The van der Waals surface area contributed by atoms with Crippen LogP contribution >= 0.6 is 11.6 Å². The summed E-state index contributed by atoms with van der Waals surface area (Å²) in [6.45, 7) is 2.09. The van der Waals surface area contributed by atoms with E-state index in [9.17, 15) is 18.0 Å². The summed E-state index contributed by atoms with van der Waals surface area (Å²) in [7, 11) is 0. The molecule has 2 fully saturated rings. The van der Waals surface area contributed by atoms with Crippen molar-refractivity contribution in [3.8, 4) is 0 Å². The van der Waals surface area contributed by atoms with E-state index in [-0.39, 0.29) is 22.2 Å². The smallest absolute Gasteiger partial charge is 0.373 e. The molecule has 24 heavy (non-hydrogen) atoms. The Morgan fingerprint density at radius 2 is 2.04 bits per heavy atom. The van der Waals surface area contributed by atoms with E-state index in [2.05, 4.69) is 10.6 Å². The molecule has 132 valence electrons. The zero-order chi connectivity index (χ0) is 17.4. The molecule has 2 aliphatic rings. The van der Waals surface area contributed by atoms with Crippen LogP contribution in [0.3, 0.4) is 0 Å². The van der Waals surface area contributed by atoms with Gasteiger partial charge in [-0.3, -0.25) is 4.79 Å². The van der Waals surface area contributed by atoms with Gasteiger partial charge >= 0.3 is 6.18 Å². The third kappa shape index (κ3) is 3.68. The van der Waals surface area contributed by atoms with Crippen molar-refractivity contribution in [3.05, 3.63) is 34.3 Å². The van der Waals surface area contributed by atoms with Gasteiger partial charge < -0.3 is 15.4 Å². The number of carbonyl (C=O) groups is 1. The van der Waals surface area contributed by atoms with Crippen LogP contribution in [0.2, 0.25) is 5.02 Å². The number of ether oxygens (including phenoxy) is 1. The second-order valence-corrected chi connectivity index (χ2v) is 6.72. The van der Waals surface area contributed by atoms with Crippen LogP contribution < -0.4 is 10.6 Å². The lowest BCUT2D eigenvalue weighted by Crippen LogP contribution is -2.43. The van der Waals surface area contributed by atoms with Gasteiger partial charge in [0.1, 0.15) is 0 Å². The molecule has 1 atom stereocenters. The standard InChI is InChI=1S/C16H18ClF3N2O2/c17-13-2-1-10(16(18,19)20)7-12(13)14(23)22-11-8-15(24-9-11)3-5-21-6-4-15/h1-2,7,11,21H,3-6,8-9H2,(H,22,23). The lowest BCUT2D eigenvalue weighted by molar-refractivity contribution is -0.137. The number of halogens is 4. The fraction of sp³-hybridized carbons (Fsp3) is 0.562. The largest absolute Gasteiger partial charge is 0.416 e. The maximum Gasteiger partial charge on any atom is 0.416 e. The minimum Gasteiger partial charge on any atom is -0.373 e. The fourth-order valence-electron chi connectivity index (χ4n) is 3.31. The lowest BCUT2D eigenvalue weighted by atomic mass is 9.88. The first kappa shape index (κ1) is 17.5. The van der Waals surface area contributed by atoms with Gasteiger partial charge in [0.2, 0.25) is 0 Å². The van der Waals surface area contributed by atoms with Crippen molar-refractivity contribution >= 4 is 17.5 Å². The van der Waals surface area contributed by atoms with Crippen LogP contribution in [0.1, 0.15) is 35.2 Å². The maximum atomic E-state index is 12.8. The number of hydrogen-bond donors (Lipinski definition) is 2. The fourth-order valence-corrected chi connectivity index (χ4v) is 3.51. The van der Waals surface area contributed by atoms with Gasteiger partial charge in [-0.05, 0) is 50.6 Å². The third-order valence-corrected chi connectivity index (χ3v) is 4.93. The Bertz CT molecular complexity index is 630. The van der Waals surface area contributed by atoms with Gasteiger partial charge in [-0.1, -0.05) is 11.6 Å². The van der Waals surface area contributed by atoms with Crippen LogP contribution in [-0.2, 0) is 10.9 Å². The minimum atomic E-state index is -4.52. The van der Waals surface area contributed by atoms with Gasteiger partial charge in [0.25, 0.3) is 5.91 Å². The molecule has 2 aliphatic heterocycles. The van der Waals surface area contributed by atoms with E-state index in [0.717, 1.165) is 44.1 Å².